The topological polar surface area (TPSA) is 84.1 Å². The lowest BCUT2D eigenvalue weighted by Gasteiger charge is -2.50. The lowest BCUT2D eigenvalue weighted by Crippen LogP contribution is -2.61. The third-order valence-electron chi connectivity index (χ3n) is 3.52. The third kappa shape index (κ3) is 2.10. The second-order valence-corrected chi connectivity index (χ2v) is 6.56. The van der Waals surface area contributed by atoms with Crippen LogP contribution in [0.1, 0.15) is 20.3 Å². The average molecular weight is 259 g/mol. The van der Waals surface area contributed by atoms with Gasteiger partial charge in [0, 0.05) is 18.6 Å². The standard InChI is InChI=1S/C10H17N3O3S/c1-10(2)7(6-8(10)16-3)13-17(14,15)9-4-5-11-12-9/h4-5,7-8,13H,6H2,1-3H3,(H,11,12). The van der Waals surface area contributed by atoms with Crippen LogP contribution in [0.25, 0.3) is 0 Å². The molecule has 6 nitrogen and oxygen atoms in total. The molecule has 96 valence electrons. The summed E-state index contributed by atoms with van der Waals surface area (Å²) < 4.78 is 31.9. The quantitative estimate of drug-likeness (QED) is 0.824. The fourth-order valence-electron chi connectivity index (χ4n) is 2.13. The summed E-state index contributed by atoms with van der Waals surface area (Å²) in [7, 11) is -1.86. The van der Waals surface area contributed by atoms with Gasteiger partial charge in [0.05, 0.1) is 12.3 Å². The van der Waals surface area contributed by atoms with Crippen molar-refractivity contribution in [3.8, 4) is 0 Å². The fraction of sp³-hybridized carbons (Fsp3) is 0.700. The SMILES string of the molecule is COC1CC(NS(=O)(=O)c2ccn[nH]2)C1(C)C. The zero-order chi connectivity index (χ0) is 12.7. The number of hydrogen-bond donors (Lipinski definition) is 2. The van der Waals surface area contributed by atoms with Crippen molar-refractivity contribution in [3.63, 3.8) is 0 Å². The molecule has 0 saturated heterocycles. The zero-order valence-electron chi connectivity index (χ0n) is 10.1. The van der Waals surface area contributed by atoms with Crippen molar-refractivity contribution in [1.29, 1.82) is 0 Å². The molecule has 1 saturated carbocycles. The molecule has 2 unspecified atom stereocenters. The summed E-state index contributed by atoms with van der Waals surface area (Å²) in [4.78, 5) is 0. The van der Waals surface area contributed by atoms with Gasteiger partial charge in [0.25, 0.3) is 10.0 Å². The predicted octanol–water partition coefficient (Wildman–Crippen LogP) is 0.501. The van der Waals surface area contributed by atoms with E-state index in [4.69, 9.17) is 4.74 Å². The van der Waals surface area contributed by atoms with E-state index in [1.165, 1.54) is 12.3 Å². The molecule has 1 fully saturated rings. The van der Waals surface area contributed by atoms with Crippen LogP contribution in [0.2, 0.25) is 0 Å². The Morgan fingerprint density at radius 3 is 2.76 bits per heavy atom. The van der Waals surface area contributed by atoms with Gasteiger partial charge >= 0.3 is 0 Å². The first kappa shape index (κ1) is 12.5. The van der Waals surface area contributed by atoms with E-state index in [-0.39, 0.29) is 22.6 Å². The lowest BCUT2D eigenvalue weighted by molar-refractivity contribution is -0.0908. The molecule has 1 aromatic rings. The Morgan fingerprint density at radius 1 is 1.59 bits per heavy atom. The van der Waals surface area contributed by atoms with Gasteiger partial charge in [-0.05, 0) is 12.5 Å². The Balaban J connectivity index is 2.09. The molecule has 7 heteroatoms. The second kappa shape index (κ2) is 4.08. The summed E-state index contributed by atoms with van der Waals surface area (Å²) in [5.74, 6) is 0. The monoisotopic (exact) mass is 259 g/mol. The number of hydrogen-bond acceptors (Lipinski definition) is 4. The molecule has 0 aliphatic heterocycles. The summed E-state index contributed by atoms with van der Waals surface area (Å²) in [6.45, 7) is 3.98. The Bertz CT molecular complexity index is 481. The summed E-state index contributed by atoms with van der Waals surface area (Å²) in [6, 6.07) is 1.32. The van der Waals surface area contributed by atoms with E-state index >= 15 is 0 Å². The van der Waals surface area contributed by atoms with Crippen LogP contribution in [-0.4, -0.2) is 37.9 Å². The van der Waals surface area contributed by atoms with Crippen molar-refractivity contribution in [2.24, 2.45) is 5.41 Å². The van der Waals surface area contributed by atoms with Gasteiger partial charge in [-0.3, -0.25) is 5.10 Å². The molecular weight excluding hydrogens is 242 g/mol. The number of ether oxygens (including phenoxy) is 1. The molecule has 0 radical (unpaired) electrons. The zero-order valence-corrected chi connectivity index (χ0v) is 10.9. The molecule has 2 rings (SSSR count). The number of nitrogens with zero attached hydrogens (tertiary/aromatic N) is 1. The first-order chi connectivity index (χ1) is 7.88. The van der Waals surface area contributed by atoms with Crippen molar-refractivity contribution >= 4 is 10.0 Å². The largest absolute Gasteiger partial charge is 0.381 e. The van der Waals surface area contributed by atoms with Gasteiger partial charge in [0.2, 0.25) is 0 Å². The molecule has 1 aliphatic carbocycles. The maximum atomic E-state index is 12.0. The van der Waals surface area contributed by atoms with Crippen LogP contribution in [0.3, 0.4) is 0 Å². The highest BCUT2D eigenvalue weighted by atomic mass is 32.2. The van der Waals surface area contributed by atoms with Gasteiger partial charge in [0.1, 0.15) is 0 Å². The van der Waals surface area contributed by atoms with E-state index in [0.717, 1.165) is 0 Å². The number of aromatic amines is 1. The number of aromatic nitrogens is 2. The number of sulfonamides is 1. The first-order valence-electron chi connectivity index (χ1n) is 5.42. The van der Waals surface area contributed by atoms with Crippen molar-refractivity contribution in [3.05, 3.63) is 12.3 Å². The molecule has 17 heavy (non-hydrogen) atoms. The van der Waals surface area contributed by atoms with E-state index in [1.807, 2.05) is 13.8 Å². The van der Waals surface area contributed by atoms with Crippen LogP contribution < -0.4 is 4.72 Å². The van der Waals surface area contributed by atoms with Gasteiger partial charge in [-0.25, -0.2) is 13.1 Å². The van der Waals surface area contributed by atoms with Crippen LogP contribution in [0.4, 0.5) is 0 Å². The van der Waals surface area contributed by atoms with Crippen LogP contribution in [-0.2, 0) is 14.8 Å². The number of H-pyrrole nitrogens is 1. The van der Waals surface area contributed by atoms with Gasteiger partial charge < -0.3 is 4.74 Å². The molecule has 2 N–H and O–H groups in total. The highest BCUT2D eigenvalue weighted by molar-refractivity contribution is 7.89. The Morgan fingerprint density at radius 2 is 2.29 bits per heavy atom. The average Bonchev–Trinajstić information content (AvgIpc) is 2.77. The van der Waals surface area contributed by atoms with E-state index in [1.54, 1.807) is 7.11 Å². The minimum atomic E-state index is -3.50. The minimum Gasteiger partial charge on any atom is -0.381 e. The number of methoxy groups -OCH3 is 1. The fourth-order valence-corrected chi connectivity index (χ4v) is 3.44. The van der Waals surface area contributed by atoms with E-state index in [2.05, 4.69) is 14.9 Å². The summed E-state index contributed by atoms with van der Waals surface area (Å²) in [5, 5.41) is 6.18. The van der Waals surface area contributed by atoms with Crippen LogP contribution in [0.15, 0.2) is 17.3 Å². The summed E-state index contributed by atoms with van der Waals surface area (Å²) >= 11 is 0. The molecule has 0 aromatic carbocycles. The maximum Gasteiger partial charge on any atom is 0.257 e. The smallest absolute Gasteiger partial charge is 0.257 e. The van der Waals surface area contributed by atoms with Crippen molar-refractivity contribution in [2.45, 2.75) is 37.4 Å². The van der Waals surface area contributed by atoms with Gasteiger partial charge in [-0.15, -0.1) is 0 Å². The molecular formula is C10H17N3O3S. The second-order valence-electron chi connectivity index (χ2n) is 4.88. The first-order valence-corrected chi connectivity index (χ1v) is 6.91. The molecule has 0 spiro atoms. The maximum absolute atomic E-state index is 12.0. The number of nitrogens with one attached hydrogen (secondary N) is 2. The Kier molecular flexibility index (Phi) is 3.01. The van der Waals surface area contributed by atoms with Gasteiger partial charge in [0.15, 0.2) is 5.03 Å². The molecule has 2 atom stereocenters. The molecule has 1 heterocycles. The molecule has 0 amide bonds. The Labute approximate surface area is 101 Å². The van der Waals surface area contributed by atoms with E-state index in [9.17, 15) is 8.42 Å². The molecule has 1 aliphatic rings. The van der Waals surface area contributed by atoms with Crippen LogP contribution in [0, 0.1) is 5.41 Å². The Hall–Kier alpha value is -0.920. The summed E-state index contributed by atoms with van der Waals surface area (Å²) in [6.07, 6.45) is 2.20. The van der Waals surface area contributed by atoms with Crippen molar-refractivity contribution in [1.82, 2.24) is 14.9 Å². The highest BCUT2D eigenvalue weighted by Gasteiger charge is 2.50. The predicted molar refractivity (Wildman–Crippen MR) is 61.9 cm³/mol. The minimum absolute atomic E-state index is 0.0918. The van der Waals surface area contributed by atoms with E-state index in [0.29, 0.717) is 6.42 Å². The van der Waals surface area contributed by atoms with E-state index < -0.39 is 10.0 Å². The molecule has 0 bridgehead atoms. The summed E-state index contributed by atoms with van der Waals surface area (Å²) in [5.41, 5.74) is -0.193. The third-order valence-corrected chi connectivity index (χ3v) is 4.93. The van der Waals surface area contributed by atoms with Gasteiger partial charge in [-0.1, -0.05) is 13.8 Å². The highest BCUT2D eigenvalue weighted by Crippen LogP contribution is 2.42. The lowest BCUT2D eigenvalue weighted by atomic mass is 9.65. The molecule has 1 aromatic heterocycles. The van der Waals surface area contributed by atoms with Crippen molar-refractivity contribution < 1.29 is 13.2 Å². The van der Waals surface area contributed by atoms with Crippen LogP contribution >= 0.6 is 0 Å². The van der Waals surface area contributed by atoms with Crippen LogP contribution in [0.5, 0.6) is 0 Å². The number of rotatable bonds is 4. The van der Waals surface area contributed by atoms with Crippen molar-refractivity contribution in [2.75, 3.05) is 7.11 Å². The van der Waals surface area contributed by atoms with Gasteiger partial charge in [-0.2, -0.15) is 5.10 Å². The normalized spacial score (nSPS) is 27.7.